The molecule has 1 saturated heterocycles. The molecular formula is C16H20F4N2O. The summed E-state index contributed by atoms with van der Waals surface area (Å²) in [7, 11) is 0. The van der Waals surface area contributed by atoms with Gasteiger partial charge in [-0.1, -0.05) is 5.57 Å². The second kappa shape index (κ2) is 7.31. The maximum absolute atomic E-state index is 14.2. The van der Waals surface area contributed by atoms with Crippen molar-refractivity contribution in [2.45, 2.75) is 25.7 Å². The fourth-order valence-corrected chi connectivity index (χ4v) is 2.73. The summed E-state index contributed by atoms with van der Waals surface area (Å²) in [5, 5.41) is 3.20. The van der Waals surface area contributed by atoms with Crippen LogP contribution in [0, 0.1) is 5.82 Å². The minimum absolute atomic E-state index is 0.205. The number of alkyl halides is 3. The van der Waals surface area contributed by atoms with E-state index >= 15 is 0 Å². The highest BCUT2D eigenvalue weighted by molar-refractivity contribution is 5.33. The zero-order valence-electron chi connectivity index (χ0n) is 12.9. The van der Waals surface area contributed by atoms with Crippen LogP contribution in [0.3, 0.4) is 0 Å². The average Bonchev–Trinajstić information content (AvgIpc) is 2.46. The highest BCUT2D eigenvalue weighted by atomic mass is 19.4. The van der Waals surface area contributed by atoms with Crippen LogP contribution in [0.25, 0.3) is 0 Å². The van der Waals surface area contributed by atoms with E-state index in [1.807, 2.05) is 6.92 Å². The summed E-state index contributed by atoms with van der Waals surface area (Å²) in [5.41, 5.74) is 1.05. The number of nitrogens with one attached hydrogen (secondary N) is 1. The van der Waals surface area contributed by atoms with E-state index in [1.54, 1.807) is 0 Å². The predicted molar refractivity (Wildman–Crippen MR) is 79.7 cm³/mol. The van der Waals surface area contributed by atoms with E-state index in [0.29, 0.717) is 19.5 Å². The second-order valence-electron chi connectivity index (χ2n) is 5.69. The van der Waals surface area contributed by atoms with E-state index in [0.717, 1.165) is 36.9 Å². The van der Waals surface area contributed by atoms with Crippen LogP contribution in [0.2, 0.25) is 0 Å². The molecule has 1 aromatic rings. The van der Waals surface area contributed by atoms with E-state index in [9.17, 15) is 17.6 Å². The lowest BCUT2D eigenvalue weighted by molar-refractivity contribution is -0.274. The Kier molecular flexibility index (Phi) is 5.64. The molecule has 1 aliphatic heterocycles. The minimum Gasteiger partial charge on any atom is -0.406 e. The van der Waals surface area contributed by atoms with Crippen molar-refractivity contribution in [2.75, 3.05) is 26.2 Å². The number of halogens is 4. The molecule has 2 rings (SSSR count). The maximum Gasteiger partial charge on any atom is 0.573 e. The zero-order valence-corrected chi connectivity index (χ0v) is 12.9. The van der Waals surface area contributed by atoms with Gasteiger partial charge in [0.05, 0.1) is 0 Å². The number of ether oxygens (including phenoxy) is 1. The standard InChI is InChI=1S/C16H20F4N2O/c1-11(2)9-15(22-7-5-21-6-8-22)13-10-12(3-4-14(13)17)23-16(18,19)20/h3-4,10,15,21H,1,5-9H2,2H3/t15-/m1/s1. The predicted octanol–water partition coefficient (Wildman–Crippen LogP) is 3.64. The highest BCUT2D eigenvalue weighted by Crippen LogP contribution is 2.33. The Labute approximate surface area is 132 Å². The number of benzene rings is 1. The van der Waals surface area contributed by atoms with Crippen LogP contribution in [-0.2, 0) is 0 Å². The van der Waals surface area contributed by atoms with Gasteiger partial charge in [-0.3, -0.25) is 4.90 Å². The van der Waals surface area contributed by atoms with Gasteiger partial charge in [0.15, 0.2) is 0 Å². The molecule has 0 bridgehead atoms. The topological polar surface area (TPSA) is 24.5 Å². The minimum atomic E-state index is -4.80. The fourth-order valence-electron chi connectivity index (χ4n) is 2.73. The van der Waals surface area contributed by atoms with Gasteiger partial charge in [0.2, 0.25) is 0 Å². The zero-order chi connectivity index (χ0) is 17.0. The molecule has 0 amide bonds. The van der Waals surface area contributed by atoms with Gasteiger partial charge in [-0.25, -0.2) is 4.39 Å². The van der Waals surface area contributed by atoms with E-state index < -0.39 is 17.9 Å². The molecule has 0 unspecified atom stereocenters. The molecule has 1 fully saturated rings. The van der Waals surface area contributed by atoms with Gasteiger partial charge in [0.1, 0.15) is 11.6 Å². The van der Waals surface area contributed by atoms with E-state index in [2.05, 4.69) is 21.5 Å². The van der Waals surface area contributed by atoms with Crippen molar-refractivity contribution in [3.05, 3.63) is 41.7 Å². The molecule has 1 N–H and O–H groups in total. The Morgan fingerprint density at radius 1 is 1.35 bits per heavy atom. The van der Waals surface area contributed by atoms with E-state index in [4.69, 9.17) is 0 Å². The van der Waals surface area contributed by atoms with Crippen LogP contribution in [0.4, 0.5) is 17.6 Å². The fraction of sp³-hybridized carbons (Fsp3) is 0.500. The molecule has 1 aromatic carbocycles. The van der Waals surface area contributed by atoms with Crippen LogP contribution in [0.15, 0.2) is 30.4 Å². The molecule has 0 aromatic heterocycles. The van der Waals surface area contributed by atoms with Crippen molar-refractivity contribution < 1.29 is 22.3 Å². The molecule has 0 saturated carbocycles. The summed E-state index contributed by atoms with van der Waals surface area (Å²) in [6, 6.07) is 2.79. The SMILES string of the molecule is C=C(C)C[C@H](c1cc(OC(F)(F)F)ccc1F)N1CCNCC1. The first-order valence-electron chi connectivity index (χ1n) is 7.40. The normalized spacial score (nSPS) is 17.8. The molecule has 128 valence electrons. The van der Waals surface area contributed by atoms with Crippen molar-refractivity contribution in [3.8, 4) is 5.75 Å². The van der Waals surface area contributed by atoms with E-state index in [1.165, 1.54) is 0 Å². The van der Waals surface area contributed by atoms with Crippen LogP contribution >= 0.6 is 0 Å². The Morgan fingerprint density at radius 2 is 2.00 bits per heavy atom. The molecule has 0 radical (unpaired) electrons. The summed E-state index contributed by atoms with van der Waals surface area (Å²) < 4.78 is 55.3. The van der Waals surface area contributed by atoms with Gasteiger partial charge in [-0.15, -0.1) is 19.8 Å². The van der Waals surface area contributed by atoms with Gasteiger partial charge in [0, 0.05) is 37.8 Å². The third-order valence-electron chi connectivity index (χ3n) is 3.69. The lowest BCUT2D eigenvalue weighted by atomic mass is 9.97. The summed E-state index contributed by atoms with van der Waals surface area (Å²) in [6.45, 7) is 8.58. The summed E-state index contributed by atoms with van der Waals surface area (Å²) in [5.74, 6) is -0.944. The second-order valence-corrected chi connectivity index (χ2v) is 5.69. The Morgan fingerprint density at radius 3 is 2.57 bits per heavy atom. The Hall–Kier alpha value is -1.60. The molecule has 0 spiro atoms. The summed E-state index contributed by atoms with van der Waals surface area (Å²) in [6.07, 6.45) is -4.32. The van der Waals surface area contributed by atoms with Crippen LogP contribution in [0.1, 0.15) is 24.9 Å². The van der Waals surface area contributed by atoms with Crippen molar-refractivity contribution in [3.63, 3.8) is 0 Å². The first-order chi connectivity index (χ1) is 10.8. The van der Waals surface area contributed by atoms with Gasteiger partial charge in [-0.2, -0.15) is 0 Å². The van der Waals surface area contributed by atoms with E-state index in [-0.39, 0.29) is 11.6 Å². The maximum atomic E-state index is 14.2. The van der Waals surface area contributed by atoms with Crippen LogP contribution in [0.5, 0.6) is 5.75 Å². The monoisotopic (exact) mass is 332 g/mol. The quantitative estimate of drug-likeness (QED) is 0.658. The largest absolute Gasteiger partial charge is 0.573 e. The number of nitrogens with zero attached hydrogens (tertiary/aromatic N) is 1. The molecule has 1 aliphatic rings. The van der Waals surface area contributed by atoms with Gasteiger partial charge >= 0.3 is 6.36 Å². The molecule has 0 aliphatic carbocycles. The van der Waals surface area contributed by atoms with Gasteiger partial charge in [0.25, 0.3) is 0 Å². The van der Waals surface area contributed by atoms with Crippen LogP contribution < -0.4 is 10.1 Å². The molecule has 1 heterocycles. The average molecular weight is 332 g/mol. The lowest BCUT2D eigenvalue weighted by Crippen LogP contribution is -2.45. The number of hydrogen-bond acceptors (Lipinski definition) is 3. The Balaban J connectivity index is 2.32. The molecule has 23 heavy (non-hydrogen) atoms. The number of piperazine rings is 1. The number of hydrogen-bond donors (Lipinski definition) is 1. The molecule has 7 heteroatoms. The third kappa shape index (κ3) is 5.21. The summed E-state index contributed by atoms with van der Waals surface area (Å²) >= 11 is 0. The third-order valence-corrected chi connectivity index (χ3v) is 3.69. The lowest BCUT2D eigenvalue weighted by Gasteiger charge is -2.35. The molecule has 3 nitrogen and oxygen atoms in total. The molecule has 1 atom stereocenters. The van der Waals surface area contributed by atoms with Crippen molar-refractivity contribution in [1.29, 1.82) is 0 Å². The first kappa shape index (κ1) is 17.7. The smallest absolute Gasteiger partial charge is 0.406 e. The molecular weight excluding hydrogens is 312 g/mol. The first-order valence-corrected chi connectivity index (χ1v) is 7.40. The van der Waals surface area contributed by atoms with Crippen molar-refractivity contribution in [2.24, 2.45) is 0 Å². The van der Waals surface area contributed by atoms with Gasteiger partial charge in [-0.05, 0) is 31.5 Å². The van der Waals surface area contributed by atoms with Crippen molar-refractivity contribution >= 4 is 0 Å². The highest BCUT2D eigenvalue weighted by Gasteiger charge is 2.32. The van der Waals surface area contributed by atoms with Crippen LogP contribution in [-0.4, -0.2) is 37.4 Å². The van der Waals surface area contributed by atoms with Gasteiger partial charge < -0.3 is 10.1 Å². The summed E-state index contributed by atoms with van der Waals surface area (Å²) in [4.78, 5) is 2.06. The van der Waals surface area contributed by atoms with Crippen molar-refractivity contribution in [1.82, 2.24) is 10.2 Å². The number of rotatable bonds is 5. The Bertz CT molecular complexity index is 554.